The van der Waals surface area contributed by atoms with Gasteiger partial charge in [0, 0.05) is 10.2 Å². The highest BCUT2D eigenvalue weighted by Crippen LogP contribution is 2.27. The van der Waals surface area contributed by atoms with E-state index in [-0.39, 0.29) is 6.61 Å². The molecular formula is C14H14BrN2O. The van der Waals surface area contributed by atoms with Crippen molar-refractivity contribution in [3.05, 3.63) is 45.7 Å². The number of hydrogen-bond donors (Lipinski definition) is 0. The largest absolute Gasteiger partial charge is 0.237 e. The number of aromatic nitrogens is 2. The average Bonchev–Trinajstić information content (AvgIpc) is 2.79. The Morgan fingerprint density at radius 3 is 2.61 bits per heavy atom. The normalized spacial score (nSPS) is 14.6. The van der Waals surface area contributed by atoms with Gasteiger partial charge in [-0.25, -0.2) is 9.79 Å². The van der Waals surface area contributed by atoms with Crippen LogP contribution in [0.4, 0.5) is 0 Å². The second-order valence-electron chi connectivity index (χ2n) is 4.61. The molecule has 1 aliphatic rings. The van der Waals surface area contributed by atoms with Crippen LogP contribution < -0.4 is 0 Å². The molecule has 1 radical (unpaired) electrons. The predicted octanol–water partition coefficient (Wildman–Crippen LogP) is 3.44. The highest BCUT2D eigenvalue weighted by Gasteiger charge is 2.21. The first kappa shape index (κ1) is 11.9. The maximum Gasteiger partial charge on any atom is 0.126 e. The molecule has 0 bridgehead atoms. The van der Waals surface area contributed by atoms with Crippen molar-refractivity contribution < 1.29 is 5.11 Å². The highest BCUT2D eigenvalue weighted by atomic mass is 79.9. The summed E-state index contributed by atoms with van der Waals surface area (Å²) in [6, 6.07) is 8.06. The van der Waals surface area contributed by atoms with E-state index in [0.29, 0.717) is 0 Å². The first-order chi connectivity index (χ1) is 8.79. The van der Waals surface area contributed by atoms with E-state index in [1.165, 1.54) is 24.1 Å². The molecule has 4 heteroatoms. The third kappa shape index (κ3) is 1.99. The lowest BCUT2D eigenvalue weighted by atomic mass is 9.96. The van der Waals surface area contributed by atoms with Crippen LogP contribution in [0.15, 0.2) is 28.7 Å². The second-order valence-corrected chi connectivity index (χ2v) is 5.53. The van der Waals surface area contributed by atoms with Crippen LogP contribution in [0, 0.1) is 0 Å². The minimum atomic E-state index is -0.216. The Morgan fingerprint density at radius 2 is 1.89 bits per heavy atom. The summed E-state index contributed by atoms with van der Waals surface area (Å²) in [5, 5.41) is 15.7. The number of fused-ring (bicyclic) bond motifs is 1. The molecule has 1 aromatic carbocycles. The molecule has 3 nitrogen and oxygen atoms in total. The van der Waals surface area contributed by atoms with E-state index in [4.69, 9.17) is 0 Å². The Labute approximate surface area is 115 Å². The van der Waals surface area contributed by atoms with E-state index in [0.717, 1.165) is 28.7 Å². The van der Waals surface area contributed by atoms with Gasteiger partial charge in [-0.2, -0.15) is 5.10 Å². The molecule has 0 amide bonds. The quantitative estimate of drug-likeness (QED) is 0.837. The van der Waals surface area contributed by atoms with Crippen LogP contribution in [-0.4, -0.2) is 9.78 Å². The maximum atomic E-state index is 11.2. The van der Waals surface area contributed by atoms with Crippen molar-refractivity contribution in [2.75, 3.05) is 0 Å². The Hall–Kier alpha value is -1.13. The molecule has 18 heavy (non-hydrogen) atoms. The first-order valence-electron chi connectivity index (χ1n) is 6.23. The molecule has 0 unspecified atom stereocenters. The molecular weight excluding hydrogens is 292 g/mol. The summed E-state index contributed by atoms with van der Waals surface area (Å²) in [4.78, 5) is 0. The van der Waals surface area contributed by atoms with Gasteiger partial charge >= 0.3 is 0 Å². The predicted molar refractivity (Wildman–Crippen MR) is 72.3 cm³/mol. The molecule has 0 fully saturated rings. The first-order valence-corrected chi connectivity index (χ1v) is 7.02. The molecule has 0 saturated heterocycles. The van der Waals surface area contributed by atoms with Crippen molar-refractivity contribution in [3.8, 4) is 5.69 Å². The number of benzene rings is 1. The van der Waals surface area contributed by atoms with Gasteiger partial charge in [-0.15, -0.1) is 0 Å². The van der Waals surface area contributed by atoms with E-state index >= 15 is 0 Å². The highest BCUT2D eigenvalue weighted by molar-refractivity contribution is 9.10. The lowest BCUT2D eigenvalue weighted by molar-refractivity contribution is 0.172. The van der Waals surface area contributed by atoms with E-state index in [1.807, 2.05) is 28.9 Å². The Kier molecular flexibility index (Phi) is 3.22. The summed E-state index contributed by atoms with van der Waals surface area (Å²) in [5.74, 6) is 0. The van der Waals surface area contributed by atoms with Crippen molar-refractivity contribution in [1.82, 2.24) is 9.78 Å². The topological polar surface area (TPSA) is 37.7 Å². The summed E-state index contributed by atoms with van der Waals surface area (Å²) in [6.07, 6.45) is 4.39. The van der Waals surface area contributed by atoms with Gasteiger partial charge in [0.1, 0.15) is 6.61 Å². The molecule has 3 rings (SSSR count). The standard InChI is InChI=1S/C14H14BrN2O/c15-10-5-7-11(8-6-10)17-14-4-2-1-3-12(14)13(9-18)16-17/h5-8H,1-4,9H2. The third-order valence-electron chi connectivity index (χ3n) is 3.47. The van der Waals surface area contributed by atoms with Crippen LogP contribution in [0.5, 0.6) is 0 Å². The molecule has 1 aliphatic carbocycles. The van der Waals surface area contributed by atoms with Gasteiger partial charge < -0.3 is 0 Å². The Balaban J connectivity index is 2.11. The fraction of sp³-hybridized carbons (Fsp3) is 0.357. The summed E-state index contributed by atoms with van der Waals surface area (Å²) in [7, 11) is 0. The van der Waals surface area contributed by atoms with Gasteiger partial charge in [-0.1, -0.05) is 15.9 Å². The van der Waals surface area contributed by atoms with Gasteiger partial charge in [-0.3, -0.25) is 0 Å². The minimum absolute atomic E-state index is 0.216. The van der Waals surface area contributed by atoms with E-state index in [9.17, 15) is 5.11 Å². The van der Waals surface area contributed by atoms with E-state index in [2.05, 4.69) is 21.0 Å². The van der Waals surface area contributed by atoms with Crippen LogP contribution in [0.2, 0.25) is 0 Å². The molecule has 0 saturated carbocycles. The smallest absolute Gasteiger partial charge is 0.126 e. The SMILES string of the molecule is [O]Cc1nn(-c2ccc(Br)cc2)c2c1CCCC2. The van der Waals surface area contributed by atoms with E-state index < -0.39 is 0 Å². The fourth-order valence-corrected chi connectivity index (χ4v) is 2.85. The second kappa shape index (κ2) is 4.86. The van der Waals surface area contributed by atoms with E-state index in [1.54, 1.807) is 0 Å². The van der Waals surface area contributed by atoms with Crippen LogP contribution in [0.1, 0.15) is 29.8 Å². The zero-order chi connectivity index (χ0) is 12.5. The molecule has 0 atom stereocenters. The van der Waals surface area contributed by atoms with Crippen molar-refractivity contribution >= 4 is 15.9 Å². The fourth-order valence-electron chi connectivity index (χ4n) is 2.59. The summed E-state index contributed by atoms with van der Waals surface area (Å²) in [6.45, 7) is -0.216. The summed E-state index contributed by atoms with van der Waals surface area (Å²) in [5.41, 5.74) is 4.19. The molecule has 93 valence electrons. The number of rotatable bonds is 2. The van der Waals surface area contributed by atoms with Crippen LogP contribution in [0.3, 0.4) is 0 Å². The molecule has 1 aromatic heterocycles. The van der Waals surface area contributed by atoms with Crippen molar-refractivity contribution in [1.29, 1.82) is 0 Å². The van der Waals surface area contributed by atoms with Crippen LogP contribution in [0.25, 0.3) is 5.69 Å². The van der Waals surface area contributed by atoms with Gasteiger partial charge in [0.05, 0.1) is 11.4 Å². The average molecular weight is 306 g/mol. The molecule has 1 heterocycles. The number of nitrogens with zero attached hydrogens (tertiary/aromatic N) is 2. The van der Waals surface area contributed by atoms with Crippen molar-refractivity contribution in [3.63, 3.8) is 0 Å². The molecule has 0 N–H and O–H groups in total. The molecule has 0 aliphatic heterocycles. The lowest BCUT2D eigenvalue weighted by Crippen LogP contribution is -2.07. The Morgan fingerprint density at radius 1 is 1.17 bits per heavy atom. The summed E-state index contributed by atoms with van der Waals surface area (Å²) < 4.78 is 3.00. The van der Waals surface area contributed by atoms with Crippen molar-refractivity contribution in [2.24, 2.45) is 0 Å². The molecule has 2 aromatic rings. The maximum absolute atomic E-state index is 11.2. The zero-order valence-electron chi connectivity index (χ0n) is 10.0. The van der Waals surface area contributed by atoms with Gasteiger partial charge in [-0.05, 0) is 55.5 Å². The zero-order valence-corrected chi connectivity index (χ0v) is 11.6. The van der Waals surface area contributed by atoms with Crippen molar-refractivity contribution in [2.45, 2.75) is 32.3 Å². The number of hydrogen-bond acceptors (Lipinski definition) is 1. The van der Waals surface area contributed by atoms with Gasteiger partial charge in [0.25, 0.3) is 0 Å². The van der Waals surface area contributed by atoms with Gasteiger partial charge in [0.15, 0.2) is 0 Å². The van der Waals surface area contributed by atoms with Crippen LogP contribution in [-0.2, 0) is 24.6 Å². The number of halogens is 1. The Bertz CT molecular complexity index is 560. The summed E-state index contributed by atoms with van der Waals surface area (Å²) >= 11 is 3.43. The molecule has 0 spiro atoms. The minimum Gasteiger partial charge on any atom is -0.237 e. The third-order valence-corrected chi connectivity index (χ3v) is 4.00. The van der Waals surface area contributed by atoms with Crippen LogP contribution >= 0.6 is 15.9 Å². The van der Waals surface area contributed by atoms with Gasteiger partial charge in [0.2, 0.25) is 0 Å². The monoisotopic (exact) mass is 305 g/mol. The lowest BCUT2D eigenvalue weighted by Gasteiger charge is -2.14.